The molecule has 21 heavy (non-hydrogen) atoms. The first-order chi connectivity index (χ1) is 10.1. The van der Waals surface area contributed by atoms with Crippen molar-refractivity contribution in [2.45, 2.75) is 25.5 Å². The van der Waals surface area contributed by atoms with Gasteiger partial charge < -0.3 is 10.4 Å². The zero-order chi connectivity index (χ0) is 15.0. The Hall–Kier alpha value is -1.75. The van der Waals surface area contributed by atoms with Crippen LogP contribution in [-0.2, 0) is 4.79 Å². The van der Waals surface area contributed by atoms with Crippen LogP contribution >= 0.6 is 11.6 Å². The molecule has 1 heterocycles. The Labute approximate surface area is 129 Å². The number of nitrogens with zero attached hydrogens (tertiary/aromatic N) is 1. The highest BCUT2D eigenvalue weighted by molar-refractivity contribution is 6.76. The Morgan fingerprint density at radius 3 is 2.86 bits per heavy atom. The molecule has 1 fully saturated rings. The quantitative estimate of drug-likeness (QED) is 0.838. The van der Waals surface area contributed by atoms with Gasteiger partial charge in [0.15, 0.2) is 6.71 Å². The molecule has 0 saturated heterocycles. The van der Waals surface area contributed by atoms with Gasteiger partial charge >= 0.3 is 5.97 Å². The monoisotopic (exact) mass is 302 g/mol. The van der Waals surface area contributed by atoms with E-state index in [4.69, 9.17) is 16.7 Å². The molecule has 2 aliphatic rings. The highest BCUT2D eigenvalue weighted by atomic mass is 35.5. The number of carboxylic acids is 1. The van der Waals surface area contributed by atoms with Gasteiger partial charge in [0.2, 0.25) is 0 Å². The van der Waals surface area contributed by atoms with Gasteiger partial charge in [-0.2, -0.15) is 0 Å². The van der Waals surface area contributed by atoms with E-state index in [1.807, 2.05) is 18.2 Å². The molecule has 2 N–H and O–H groups in total. The van der Waals surface area contributed by atoms with Gasteiger partial charge in [0, 0.05) is 10.6 Å². The lowest BCUT2D eigenvalue weighted by molar-refractivity contribution is -0.133. The number of allylic oxidation sites excluding steroid dienone is 1. The number of hydrogen-bond donors (Lipinski definition) is 2. The Morgan fingerprint density at radius 1 is 1.48 bits per heavy atom. The summed E-state index contributed by atoms with van der Waals surface area (Å²) < 4.78 is 0. The number of halogens is 1. The molecule has 0 bridgehead atoms. The average Bonchev–Trinajstić information content (AvgIpc) is 3.31. The van der Waals surface area contributed by atoms with E-state index in [2.05, 4.69) is 17.1 Å². The van der Waals surface area contributed by atoms with Crippen LogP contribution in [0.4, 0.5) is 0 Å². The van der Waals surface area contributed by atoms with Gasteiger partial charge in [-0.15, -0.1) is 0 Å². The number of rotatable bonds is 4. The SMILES string of the molecule is CB(c1ccc(C2=NCNC(C(=O)O)=C2)cc1Cl)C1CC1. The van der Waals surface area contributed by atoms with Gasteiger partial charge in [-0.05, 0) is 12.1 Å². The molecule has 0 aromatic heterocycles. The van der Waals surface area contributed by atoms with E-state index in [0.717, 1.165) is 16.4 Å². The molecule has 0 radical (unpaired) electrons. The zero-order valence-corrected chi connectivity index (χ0v) is 12.5. The number of carboxylic acid groups (broad SMARTS) is 1. The molecule has 0 atom stereocenters. The van der Waals surface area contributed by atoms with Crippen LogP contribution in [0, 0.1) is 0 Å². The second-order valence-electron chi connectivity index (χ2n) is 5.60. The van der Waals surface area contributed by atoms with Crippen molar-refractivity contribution < 1.29 is 9.90 Å². The third-order valence-corrected chi connectivity index (χ3v) is 4.47. The first kappa shape index (κ1) is 14.2. The molecule has 0 spiro atoms. The molecule has 6 heteroatoms. The van der Waals surface area contributed by atoms with Crippen LogP contribution in [0.5, 0.6) is 0 Å². The maximum Gasteiger partial charge on any atom is 0.352 e. The number of carbonyl (C=O) groups is 1. The maximum atomic E-state index is 11.0. The van der Waals surface area contributed by atoms with Gasteiger partial charge in [-0.3, -0.25) is 4.99 Å². The van der Waals surface area contributed by atoms with Gasteiger partial charge in [0.1, 0.15) is 12.4 Å². The summed E-state index contributed by atoms with van der Waals surface area (Å²) in [4.78, 5) is 15.3. The topological polar surface area (TPSA) is 61.7 Å². The second kappa shape index (κ2) is 5.56. The Kier molecular flexibility index (Phi) is 3.76. The molecule has 1 aliphatic heterocycles. The third-order valence-electron chi connectivity index (χ3n) is 4.15. The van der Waals surface area contributed by atoms with Crippen LogP contribution in [0.3, 0.4) is 0 Å². The lowest BCUT2D eigenvalue weighted by atomic mass is 9.43. The van der Waals surface area contributed by atoms with E-state index >= 15 is 0 Å². The molecule has 1 saturated carbocycles. The minimum absolute atomic E-state index is 0.159. The highest BCUT2D eigenvalue weighted by Gasteiger charge is 2.32. The minimum Gasteiger partial charge on any atom is -0.477 e. The van der Waals surface area contributed by atoms with Crippen LogP contribution in [-0.4, -0.2) is 30.2 Å². The summed E-state index contributed by atoms with van der Waals surface area (Å²) in [5.74, 6) is -0.226. The lowest BCUT2D eigenvalue weighted by Crippen LogP contribution is -2.29. The van der Waals surface area contributed by atoms with Crippen molar-refractivity contribution in [1.82, 2.24) is 5.32 Å². The second-order valence-corrected chi connectivity index (χ2v) is 6.01. The highest BCUT2D eigenvalue weighted by Crippen LogP contribution is 2.39. The van der Waals surface area contributed by atoms with E-state index in [1.165, 1.54) is 18.3 Å². The molecule has 4 nitrogen and oxygen atoms in total. The van der Waals surface area contributed by atoms with E-state index in [-0.39, 0.29) is 12.4 Å². The lowest BCUT2D eigenvalue weighted by Gasteiger charge is -2.15. The van der Waals surface area contributed by atoms with E-state index in [1.54, 1.807) is 6.08 Å². The molecule has 0 amide bonds. The Morgan fingerprint density at radius 2 is 2.24 bits per heavy atom. The zero-order valence-electron chi connectivity index (χ0n) is 11.8. The first-order valence-electron chi connectivity index (χ1n) is 7.09. The van der Waals surface area contributed by atoms with Crippen LogP contribution in [0.2, 0.25) is 17.7 Å². The molecule has 108 valence electrons. The smallest absolute Gasteiger partial charge is 0.352 e. The fraction of sp³-hybridized carbons (Fsp3) is 0.333. The van der Waals surface area contributed by atoms with Crippen LogP contribution in [0.1, 0.15) is 18.4 Å². The largest absolute Gasteiger partial charge is 0.477 e. The third kappa shape index (κ3) is 2.98. The van der Waals surface area contributed by atoms with Crippen molar-refractivity contribution in [3.05, 3.63) is 40.6 Å². The van der Waals surface area contributed by atoms with Crippen molar-refractivity contribution in [3.63, 3.8) is 0 Å². The number of nitrogens with one attached hydrogen (secondary N) is 1. The van der Waals surface area contributed by atoms with Gasteiger partial charge in [0.05, 0.1) is 5.71 Å². The van der Waals surface area contributed by atoms with Crippen molar-refractivity contribution in [3.8, 4) is 0 Å². The van der Waals surface area contributed by atoms with Crippen LogP contribution in [0.25, 0.3) is 0 Å². The van der Waals surface area contributed by atoms with E-state index in [9.17, 15) is 4.79 Å². The molecule has 1 aliphatic carbocycles. The molecule has 1 aromatic carbocycles. The predicted molar refractivity (Wildman–Crippen MR) is 85.9 cm³/mol. The number of benzene rings is 1. The standard InChI is InChI=1S/C15H16BClN2O2/c1-16(10-3-4-10)11-5-2-9(6-12(11)17)13-7-14(15(20)21)19-8-18-13/h2,5-7,10,19H,3-4,8H2,1H3,(H,20,21). The predicted octanol–water partition coefficient (Wildman–Crippen LogP) is 2.15. The molecular formula is C15H16BClN2O2. The molecular weight excluding hydrogens is 286 g/mol. The number of hydrogen-bond acceptors (Lipinski definition) is 3. The fourth-order valence-corrected chi connectivity index (χ4v) is 3.01. The number of aliphatic carboxylic acids is 1. The molecule has 1 aromatic rings. The summed E-state index contributed by atoms with van der Waals surface area (Å²) in [6, 6.07) is 5.90. The number of aliphatic imine (C=N–C) groups is 1. The van der Waals surface area contributed by atoms with Crippen molar-refractivity contribution in [1.29, 1.82) is 0 Å². The van der Waals surface area contributed by atoms with Gasteiger partial charge in [-0.25, -0.2) is 4.79 Å². The average molecular weight is 303 g/mol. The fourth-order valence-electron chi connectivity index (χ4n) is 2.66. The van der Waals surface area contributed by atoms with Crippen molar-refractivity contribution in [2.24, 2.45) is 4.99 Å². The van der Waals surface area contributed by atoms with Gasteiger partial charge in [-0.1, -0.05) is 54.7 Å². The maximum absolute atomic E-state index is 11.0. The summed E-state index contributed by atoms with van der Waals surface area (Å²) >= 11 is 6.41. The van der Waals surface area contributed by atoms with Crippen LogP contribution < -0.4 is 10.8 Å². The molecule has 0 unspecified atom stereocenters. The van der Waals surface area contributed by atoms with Crippen LogP contribution in [0.15, 0.2) is 35.0 Å². The van der Waals surface area contributed by atoms with Gasteiger partial charge in [0.25, 0.3) is 0 Å². The summed E-state index contributed by atoms with van der Waals surface area (Å²) in [5, 5.41) is 12.5. The van der Waals surface area contributed by atoms with E-state index in [0.29, 0.717) is 12.4 Å². The van der Waals surface area contributed by atoms with E-state index < -0.39 is 5.97 Å². The summed E-state index contributed by atoms with van der Waals surface area (Å²) in [6.45, 7) is 2.96. The van der Waals surface area contributed by atoms with Crippen molar-refractivity contribution in [2.75, 3.05) is 6.67 Å². The summed E-state index contributed by atoms with van der Waals surface area (Å²) in [5.41, 5.74) is 2.83. The molecule has 3 rings (SSSR count). The Bertz CT molecular complexity index is 653. The summed E-state index contributed by atoms with van der Waals surface area (Å²) in [7, 11) is 0. The normalized spacial score (nSPS) is 17.6. The minimum atomic E-state index is -0.979. The first-order valence-corrected chi connectivity index (χ1v) is 7.47. The Balaban J connectivity index is 1.88. The van der Waals surface area contributed by atoms with Crippen molar-refractivity contribution >= 4 is 35.5 Å². The summed E-state index contributed by atoms with van der Waals surface area (Å²) in [6.07, 6.45) is 4.10.